The van der Waals surface area contributed by atoms with E-state index in [0.29, 0.717) is 11.4 Å². The molecule has 0 fully saturated rings. The average molecular weight is 437 g/mol. The molecule has 162 valence electrons. The van der Waals surface area contributed by atoms with Crippen LogP contribution in [0.2, 0.25) is 0 Å². The molecular formula is C26H20FN5O. The minimum absolute atomic E-state index is 0.0949. The highest BCUT2D eigenvalue weighted by molar-refractivity contribution is 5.98. The second-order valence-electron chi connectivity index (χ2n) is 7.63. The van der Waals surface area contributed by atoms with Crippen molar-refractivity contribution in [3.05, 3.63) is 96.7 Å². The predicted octanol–water partition coefficient (Wildman–Crippen LogP) is 5.25. The second kappa shape index (κ2) is 8.63. The maximum Gasteiger partial charge on any atom is 0.246 e. The maximum absolute atomic E-state index is 14.0. The van der Waals surface area contributed by atoms with Crippen molar-refractivity contribution < 1.29 is 9.18 Å². The summed E-state index contributed by atoms with van der Waals surface area (Å²) in [5.41, 5.74) is 5.03. The van der Waals surface area contributed by atoms with Crippen LogP contribution in [0.25, 0.3) is 33.4 Å². The summed E-state index contributed by atoms with van der Waals surface area (Å²) < 4.78 is 15.6. The van der Waals surface area contributed by atoms with E-state index in [1.54, 1.807) is 29.2 Å². The van der Waals surface area contributed by atoms with Crippen molar-refractivity contribution in [1.29, 1.82) is 0 Å². The number of hydrogen-bond acceptors (Lipinski definition) is 4. The van der Waals surface area contributed by atoms with Crippen molar-refractivity contribution in [3.8, 4) is 22.5 Å². The van der Waals surface area contributed by atoms with Crippen LogP contribution in [-0.4, -0.2) is 25.7 Å². The molecule has 0 atom stereocenters. The van der Waals surface area contributed by atoms with Gasteiger partial charge in [-0.3, -0.25) is 19.4 Å². The topological polar surface area (TPSA) is 72.7 Å². The second-order valence-corrected chi connectivity index (χ2v) is 7.63. The van der Waals surface area contributed by atoms with E-state index in [1.807, 2.05) is 55.5 Å². The fraction of sp³-hybridized carbons (Fsp3) is 0.0769. The first-order valence-corrected chi connectivity index (χ1v) is 10.5. The summed E-state index contributed by atoms with van der Waals surface area (Å²) in [6.07, 6.45) is 3.49. The predicted molar refractivity (Wildman–Crippen MR) is 126 cm³/mol. The van der Waals surface area contributed by atoms with Crippen LogP contribution in [0.1, 0.15) is 5.69 Å². The Labute approximate surface area is 189 Å². The molecule has 5 rings (SSSR count). The third kappa shape index (κ3) is 4.08. The Balaban J connectivity index is 1.60. The fourth-order valence-electron chi connectivity index (χ4n) is 3.87. The summed E-state index contributed by atoms with van der Waals surface area (Å²) in [6, 6.07) is 21.6. The number of aryl methyl sites for hydroxylation is 1. The highest BCUT2D eigenvalue weighted by Crippen LogP contribution is 2.35. The number of amides is 1. The van der Waals surface area contributed by atoms with Gasteiger partial charge < -0.3 is 5.32 Å². The number of benzene rings is 2. The number of nitrogens with zero attached hydrogens (tertiary/aromatic N) is 4. The number of rotatable bonds is 5. The molecule has 2 aromatic carbocycles. The molecule has 0 bridgehead atoms. The molecule has 0 saturated heterocycles. The van der Waals surface area contributed by atoms with Gasteiger partial charge in [-0.2, -0.15) is 5.10 Å². The van der Waals surface area contributed by atoms with Crippen LogP contribution < -0.4 is 5.32 Å². The third-order valence-corrected chi connectivity index (χ3v) is 5.35. The zero-order chi connectivity index (χ0) is 22.8. The zero-order valence-electron chi connectivity index (χ0n) is 17.9. The number of halogens is 1. The molecule has 1 amide bonds. The summed E-state index contributed by atoms with van der Waals surface area (Å²) in [7, 11) is 0. The molecule has 3 heterocycles. The summed E-state index contributed by atoms with van der Waals surface area (Å²) >= 11 is 0. The third-order valence-electron chi connectivity index (χ3n) is 5.35. The van der Waals surface area contributed by atoms with Crippen molar-refractivity contribution in [2.45, 2.75) is 13.5 Å². The van der Waals surface area contributed by atoms with Gasteiger partial charge in [0.15, 0.2) is 0 Å². The molecule has 0 unspecified atom stereocenters. The Morgan fingerprint density at radius 1 is 0.970 bits per heavy atom. The fourth-order valence-corrected chi connectivity index (χ4v) is 3.87. The molecule has 0 aliphatic rings. The standard InChI is InChI=1S/C26H20FN5O/c1-17-7-6-12-24(30-17)26-20(18-13-14-28-22-10-4-2-8-19(18)22)15-29-32(26)16-25(33)31-23-11-5-3-9-21(23)27/h2-15H,16H2,1H3,(H,31,33). The maximum atomic E-state index is 14.0. The first-order chi connectivity index (χ1) is 16.1. The van der Waals surface area contributed by atoms with Gasteiger partial charge in [-0.15, -0.1) is 0 Å². The Bertz CT molecular complexity index is 1470. The molecule has 3 aromatic heterocycles. The number of anilines is 1. The van der Waals surface area contributed by atoms with Gasteiger partial charge >= 0.3 is 0 Å². The number of hydrogen-bond donors (Lipinski definition) is 1. The molecule has 0 radical (unpaired) electrons. The van der Waals surface area contributed by atoms with Crippen molar-refractivity contribution in [2.75, 3.05) is 5.32 Å². The Morgan fingerprint density at radius 2 is 1.79 bits per heavy atom. The Kier molecular flexibility index (Phi) is 5.36. The van der Waals surface area contributed by atoms with Crippen LogP contribution in [0, 0.1) is 12.7 Å². The lowest BCUT2D eigenvalue weighted by Gasteiger charge is -2.12. The van der Waals surface area contributed by atoms with Gasteiger partial charge in [0.25, 0.3) is 0 Å². The molecule has 1 N–H and O–H groups in total. The van der Waals surface area contributed by atoms with Gasteiger partial charge in [0.2, 0.25) is 5.91 Å². The average Bonchev–Trinajstić information content (AvgIpc) is 3.23. The van der Waals surface area contributed by atoms with Gasteiger partial charge in [0, 0.05) is 22.8 Å². The zero-order valence-corrected chi connectivity index (χ0v) is 17.9. The lowest BCUT2D eigenvalue weighted by Crippen LogP contribution is -2.20. The lowest BCUT2D eigenvalue weighted by atomic mass is 10.0. The van der Waals surface area contributed by atoms with E-state index in [2.05, 4.69) is 20.4 Å². The monoisotopic (exact) mass is 437 g/mol. The SMILES string of the molecule is Cc1cccc(-c2c(-c3ccnc4ccccc34)cnn2CC(=O)Nc2ccccc2F)n1. The van der Waals surface area contributed by atoms with E-state index in [4.69, 9.17) is 0 Å². The smallest absolute Gasteiger partial charge is 0.246 e. The van der Waals surface area contributed by atoms with Crippen LogP contribution >= 0.6 is 0 Å². The number of nitrogens with one attached hydrogen (secondary N) is 1. The van der Waals surface area contributed by atoms with E-state index >= 15 is 0 Å². The van der Waals surface area contributed by atoms with Gasteiger partial charge in [0.1, 0.15) is 12.4 Å². The molecule has 33 heavy (non-hydrogen) atoms. The largest absolute Gasteiger partial charge is 0.322 e. The van der Waals surface area contributed by atoms with Gasteiger partial charge in [-0.25, -0.2) is 4.39 Å². The summed E-state index contributed by atoms with van der Waals surface area (Å²) in [5, 5.41) is 8.11. The molecule has 0 aliphatic carbocycles. The minimum atomic E-state index is -0.490. The summed E-state index contributed by atoms with van der Waals surface area (Å²) in [6.45, 7) is 1.82. The number of carbonyl (C=O) groups excluding carboxylic acids is 1. The van der Waals surface area contributed by atoms with Crippen LogP contribution in [0.3, 0.4) is 0 Å². The molecule has 0 spiro atoms. The number of carbonyl (C=O) groups is 1. The highest BCUT2D eigenvalue weighted by Gasteiger charge is 2.20. The van der Waals surface area contributed by atoms with Crippen molar-refractivity contribution in [1.82, 2.24) is 19.7 Å². The lowest BCUT2D eigenvalue weighted by molar-refractivity contribution is -0.116. The molecule has 5 aromatic rings. The van der Waals surface area contributed by atoms with E-state index < -0.39 is 5.82 Å². The quantitative estimate of drug-likeness (QED) is 0.408. The van der Waals surface area contributed by atoms with Crippen molar-refractivity contribution >= 4 is 22.5 Å². The van der Waals surface area contributed by atoms with Crippen LogP contribution in [0.5, 0.6) is 0 Å². The van der Waals surface area contributed by atoms with Crippen LogP contribution in [-0.2, 0) is 11.3 Å². The number of pyridine rings is 2. The first kappa shape index (κ1) is 20.5. The minimum Gasteiger partial charge on any atom is -0.322 e. The number of para-hydroxylation sites is 2. The van der Waals surface area contributed by atoms with E-state index in [1.165, 1.54) is 12.1 Å². The summed E-state index contributed by atoms with van der Waals surface area (Å²) in [4.78, 5) is 21.9. The normalized spacial score (nSPS) is 11.0. The highest BCUT2D eigenvalue weighted by atomic mass is 19.1. The molecule has 7 heteroatoms. The van der Waals surface area contributed by atoms with Crippen molar-refractivity contribution in [3.63, 3.8) is 0 Å². The molecular weight excluding hydrogens is 417 g/mol. The van der Waals surface area contributed by atoms with Crippen LogP contribution in [0.15, 0.2) is 85.2 Å². The molecule has 0 saturated carbocycles. The van der Waals surface area contributed by atoms with E-state index in [0.717, 1.165) is 27.7 Å². The van der Waals surface area contributed by atoms with Crippen molar-refractivity contribution in [2.24, 2.45) is 0 Å². The number of fused-ring (bicyclic) bond motifs is 1. The molecule has 6 nitrogen and oxygen atoms in total. The van der Waals surface area contributed by atoms with Crippen LogP contribution in [0.4, 0.5) is 10.1 Å². The molecule has 0 aliphatic heterocycles. The Hall–Kier alpha value is -4.39. The van der Waals surface area contributed by atoms with E-state index in [-0.39, 0.29) is 18.1 Å². The van der Waals surface area contributed by atoms with Gasteiger partial charge in [-0.1, -0.05) is 36.4 Å². The van der Waals surface area contributed by atoms with Gasteiger partial charge in [-0.05, 0) is 48.9 Å². The van der Waals surface area contributed by atoms with E-state index in [9.17, 15) is 9.18 Å². The summed E-state index contributed by atoms with van der Waals surface area (Å²) in [5.74, 6) is -0.876. The first-order valence-electron chi connectivity index (χ1n) is 10.5. The number of aromatic nitrogens is 4. The Morgan fingerprint density at radius 3 is 2.64 bits per heavy atom. The van der Waals surface area contributed by atoms with Gasteiger partial charge in [0.05, 0.1) is 28.8 Å².